The molecule has 1 aliphatic heterocycles. The fourth-order valence-electron chi connectivity index (χ4n) is 8.16. The van der Waals surface area contributed by atoms with Crippen molar-refractivity contribution in [3.05, 3.63) is 181 Å². The van der Waals surface area contributed by atoms with Crippen molar-refractivity contribution < 1.29 is 30.2 Å². The zero-order valence-corrected chi connectivity index (χ0v) is 36.1. The predicted molar refractivity (Wildman–Crippen MR) is 237 cm³/mol. The third-order valence-electron chi connectivity index (χ3n) is 11.0. The Hall–Kier alpha value is -6.10. The summed E-state index contributed by atoms with van der Waals surface area (Å²) in [5.74, 6) is 1.98. The van der Waals surface area contributed by atoms with Crippen LogP contribution in [0, 0.1) is 18.8 Å². The van der Waals surface area contributed by atoms with Gasteiger partial charge in [0, 0.05) is 61.1 Å². The van der Waals surface area contributed by atoms with Crippen LogP contribution in [0.25, 0.3) is 61.0 Å². The van der Waals surface area contributed by atoms with Gasteiger partial charge in [0.1, 0.15) is 17.0 Å². The van der Waals surface area contributed by atoms with E-state index in [1.807, 2.05) is 36.5 Å². The topological polar surface area (TPSA) is 46.7 Å². The van der Waals surface area contributed by atoms with Crippen LogP contribution < -0.4 is 9.64 Å². The monoisotopic (exact) mass is 950 g/mol. The molecule has 0 spiro atoms. The number of nitrogens with zero attached hydrogens (tertiary/aromatic N) is 4. The minimum atomic E-state index is -0.202. The second kappa shape index (κ2) is 14.6. The van der Waals surface area contributed by atoms with Crippen LogP contribution in [-0.4, -0.2) is 20.0 Å². The number of hydrogen-bond acceptors (Lipinski definition) is 5. The van der Waals surface area contributed by atoms with Crippen molar-refractivity contribution in [2.24, 2.45) is 0 Å². The summed E-state index contributed by atoms with van der Waals surface area (Å²) in [6, 6.07) is 55.4. The second-order valence-corrected chi connectivity index (χ2v) is 17.0. The van der Waals surface area contributed by atoms with Crippen molar-refractivity contribution in [3.63, 3.8) is 0 Å². The van der Waals surface area contributed by atoms with Crippen LogP contribution in [0.15, 0.2) is 150 Å². The van der Waals surface area contributed by atoms with Gasteiger partial charge in [0.25, 0.3) is 0 Å². The molecular formula is C52H43N4O2Pt-3. The molecule has 296 valence electrons. The number of pyridine rings is 1. The Bertz CT molecular complexity index is 3040. The van der Waals surface area contributed by atoms with Crippen LogP contribution >= 0.6 is 0 Å². The summed E-state index contributed by atoms with van der Waals surface area (Å²) >= 11 is 0. The van der Waals surface area contributed by atoms with Crippen LogP contribution in [0.1, 0.15) is 58.2 Å². The summed E-state index contributed by atoms with van der Waals surface area (Å²) in [4.78, 5) is 9.56. The molecule has 0 bridgehead atoms. The van der Waals surface area contributed by atoms with E-state index < -0.39 is 0 Å². The van der Waals surface area contributed by atoms with Gasteiger partial charge in [-0.05, 0) is 72.5 Å². The third-order valence-corrected chi connectivity index (χ3v) is 11.0. The van der Waals surface area contributed by atoms with E-state index in [-0.39, 0.29) is 32.0 Å². The smallest absolute Gasteiger partial charge is 0.137 e. The standard InChI is InChI=1S/C52H43N4O2.Pt/c1-51(2,3)36-28-29-53-46(30-36)56-43-32-39(24-25-40(43)41-26-27-45-47(50(41)56)42-22-13-14-23-44(42)58-45)57-38-21-15-20-37(31-38)54-33-55(52(4,5)6)49(35-18-11-8-12-19-35)48(54)34-16-9-7-10-17-34;/h7-30,33H,1-6H3;/q-3;. The van der Waals surface area contributed by atoms with Gasteiger partial charge in [-0.1, -0.05) is 111 Å². The Labute approximate surface area is 359 Å². The van der Waals surface area contributed by atoms with Crippen molar-refractivity contribution in [2.45, 2.75) is 52.5 Å². The molecule has 0 atom stereocenters. The van der Waals surface area contributed by atoms with E-state index in [0.29, 0.717) is 11.5 Å². The summed E-state index contributed by atoms with van der Waals surface area (Å²) in [5, 5.41) is 4.25. The number of rotatable bonds is 6. The molecule has 1 aliphatic rings. The van der Waals surface area contributed by atoms with Crippen molar-refractivity contribution in [1.29, 1.82) is 0 Å². The van der Waals surface area contributed by atoms with Gasteiger partial charge in [-0.15, -0.1) is 41.4 Å². The molecule has 0 fully saturated rings. The number of para-hydroxylation sites is 1. The Kier molecular flexibility index (Phi) is 9.52. The first-order valence-electron chi connectivity index (χ1n) is 19.8. The maximum atomic E-state index is 6.71. The molecule has 0 amide bonds. The molecule has 0 saturated carbocycles. The molecule has 0 saturated heterocycles. The molecule has 0 unspecified atom stereocenters. The van der Waals surface area contributed by atoms with Crippen LogP contribution in [0.4, 0.5) is 5.69 Å². The number of fused-ring (bicyclic) bond motifs is 7. The first-order valence-corrected chi connectivity index (χ1v) is 19.8. The molecule has 9 aromatic rings. The maximum Gasteiger partial charge on any atom is 0.137 e. The molecule has 6 nitrogen and oxygen atoms in total. The normalized spacial score (nSPS) is 13.6. The van der Waals surface area contributed by atoms with Gasteiger partial charge in [-0.2, -0.15) is 18.8 Å². The number of furan rings is 1. The van der Waals surface area contributed by atoms with Gasteiger partial charge >= 0.3 is 0 Å². The fraction of sp³-hybridized carbons (Fsp3) is 0.154. The molecule has 0 aliphatic carbocycles. The SMILES string of the molecule is CC(C)(C)c1ccnc(-n2c3[c-]c(Oc4[c-]c(N5[CH-]N(C(C)(C)C)C(c6ccccc6)=C5c5ccccc5)ccc4)ccc3c3ccc4oc5ccccc5c4c32)c1.[Pt]. The molecule has 3 aromatic heterocycles. The molecule has 4 heterocycles. The minimum absolute atomic E-state index is 0. The van der Waals surface area contributed by atoms with Crippen LogP contribution in [0.3, 0.4) is 0 Å². The fourth-order valence-corrected chi connectivity index (χ4v) is 8.16. The molecule has 59 heavy (non-hydrogen) atoms. The first-order chi connectivity index (χ1) is 28.0. The number of benzene rings is 6. The van der Waals surface area contributed by atoms with Crippen LogP contribution in [-0.2, 0) is 26.5 Å². The average Bonchev–Trinajstić information content (AvgIpc) is 3.91. The van der Waals surface area contributed by atoms with Crippen molar-refractivity contribution in [3.8, 4) is 17.3 Å². The van der Waals surface area contributed by atoms with E-state index >= 15 is 0 Å². The van der Waals surface area contributed by atoms with Gasteiger partial charge in [0.2, 0.25) is 0 Å². The van der Waals surface area contributed by atoms with Crippen molar-refractivity contribution in [2.75, 3.05) is 4.90 Å². The molecular weight excluding hydrogens is 908 g/mol. The van der Waals surface area contributed by atoms with E-state index in [4.69, 9.17) is 14.1 Å². The Balaban J connectivity index is 0.00000449. The van der Waals surface area contributed by atoms with Crippen LogP contribution in [0.5, 0.6) is 11.5 Å². The van der Waals surface area contributed by atoms with Crippen molar-refractivity contribution >= 4 is 60.8 Å². The number of anilines is 1. The van der Waals surface area contributed by atoms with E-state index in [2.05, 4.69) is 184 Å². The zero-order valence-electron chi connectivity index (χ0n) is 33.9. The molecule has 7 heteroatoms. The summed E-state index contributed by atoms with van der Waals surface area (Å²) in [6.07, 6.45) is 1.90. The Morgan fingerprint density at radius 1 is 0.627 bits per heavy atom. The average molecular weight is 951 g/mol. The summed E-state index contributed by atoms with van der Waals surface area (Å²) < 4.78 is 15.3. The summed E-state index contributed by atoms with van der Waals surface area (Å²) in [5.41, 5.74) is 9.83. The van der Waals surface area contributed by atoms with Gasteiger partial charge in [0.15, 0.2) is 0 Å². The minimum Gasteiger partial charge on any atom is -0.509 e. The predicted octanol–water partition coefficient (Wildman–Crippen LogP) is 13.3. The summed E-state index contributed by atoms with van der Waals surface area (Å²) in [6.45, 7) is 15.6. The van der Waals surface area contributed by atoms with Crippen molar-refractivity contribution in [1.82, 2.24) is 14.5 Å². The largest absolute Gasteiger partial charge is 0.509 e. The Morgan fingerprint density at radius 2 is 1.31 bits per heavy atom. The molecule has 6 aromatic carbocycles. The third kappa shape index (κ3) is 6.70. The number of aromatic nitrogens is 2. The molecule has 0 radical (unpaired) electrons. The quantitative estimate of drug-likeness (QED) is 0.155. The van der Waals surface area contributed by atoms with Gasteiger partial charge in [-0.3, -0.25) is 0 Å². The zero-order chi connectivity index (χ0) is 39.8. The van der Waals surface area contributed by atoms with Crippen LogP contribution in [0.2, 0.25) is 0 Å². The first kappa shape index (κ1) is 38.4. The molecule has 0 N–H and O–H groups in total. The van der Waals surface area contributed by atoms with E-state index in [0.717, 1.165) is 77.8 Å². The maximum absolute atomic E-state index is 6.71. The van der Waals surface area contributed by atoms with E-state index in [1.165, 1.54) is 5.56 Å². The van der Waals surface area contributed by atoms with Gasteiger partial charge in [-0.25, -0.2) is 4.98 Å². The number of ether oxygens (including phenoxy) is 1. The number of hydrogen-bond donors (Lipinski definition) is 0. The van der Waals surface area contributed by atoms with Gasteiger partial charge in [0.05, 0.1) is 10.9 Å². The second-order valence-electron chi connectivity index (χ2n) is 17.0. The molecule has 10 rings (SSSR count). The van der Waals surface area contributed by atoms with E-state index in [9.17, 15) is 0 Å². The Morgan fingerprint density at radius 3 is 2.03 bits per heavy atom. The van der Waals surface area contributed by atoms with Gasteiger partial charge < -0.3 is 23.5 Å². The van der Waals surface area contributed by atoms with E-state index in [1.54, 1.807) is 0 Å². The summed E-state index contributed by atoms with van der Waals surface area (Å²) in [7, 11) is 0.